The zero-order valence-electron chi connectivity index (χ0n) is 8.75. The number of hydrogen-bond acceptors (Lipinski definition) is 2. The number of nitrogens with one attached hydrogen (secondary N) is 1. The molecule has 0 saturated carbocycles. The van der Waals surface area contributed by atoms with Crippen molar-refractivity contribution in [2.45, 2.75) is 6.54 Å². The largest absolute Gasteiger partial charge is 0.377 e. The van der Waals surface area contributed by atoms with E-state index in [0.29, 0.717) is 16.6 Å². The second-order valence-electron chi connectivity index (χ2n) is 3.40. The van der Waals surface area contributed by atoms with Crippen molar-refractivity contribution < 1.29 is 0 Å². The van der Waals surface area contributed by atoms with Crippen LogP contribution >= 0.6 is 39.1 Å². The van der Waals surface area contributed by atoms with Gasteiger partial charge in [0.25, 0.3) is 0 Å². The molecule has 0 amide bonds. The highest BCUT2D eigenvalue weighted by Gasteiger charge is 2.05. The Morgan fingerprint density at radius 3 is 2.35 bits per heavy atom. The summed E-state index contributed by atoms with van der Waals surface area (Å²) in [6.07, 6.45) is 0. The first-order valence-corrected chi connectivity index (χ1v) is 6.51. The van der Waals surface area contributed by atoms with Crippen LogP contribution in [0.15, 0.2) is 41.0 Å². The molecular weight excluding hydrogens is 323 g/mol. The van der Waals surface area contributed by atoms with Crippen molar-refractivity contribution in [3.63, 3.8) is 0 Å². The van der Waals surface area contributed by atoms with Gasteiger partial charge in [-0.15, -0.1) is 0 Å². The highest BCUT2D eigenvalue weighted by molar-refractivity contribution is 9.10. The van der Waals surface area contributed by atoms with Crippen molar-refractivity contribution in [3.8, 4) is 0 Å². The smallest absolute Gasteiger partial charge is 0.106 e. The zero-order chi connectivity index (χ0) is 12.3. The predicted octanol–water partition coefficient (Wildman–Crippen LogP) is 4.76. The van der Waals surface area contributed by atoms with E-state index in [9.17, 15) is 0 Å². The average molecular weight is 332 g/mol. The van der Waals surface area contributed by atoms with Crippen LogP contribution in [0.25, 0.3) is 0 Å². The van der Waals surface area contributed by atoms with Gasteiger partial charge in [-0.25, -0.2) is 4.98 Å². The van der Waals surface area contributed by atoms with Gasteiger partial charge in [-0.2, -0.15) is 0 Å². The normalized spacial score (nSPS) is 10.3. The van der Waals surface area contributed by atoms with Gasteiger partial charge in [-0.05, 0) is 40.2 Å². The molecule has 2 aromatic rings. The molecule has 0 aliphatic rings. The Kier molecular flexibility index (Phi) is 4.26. The van der Waals surface area contributed by atoms with Crippen molar-refractivity contribution in [2.75, 3.05) is 5.32 Å². The number of pyridine rings is 1. The molecule has 1 heterocycles. The minimum absolute atomic E-state index is 0.572. The molecule has 0 bridgehead atoms. The lowest BCUT2D eigenvalue weighted by Gasteiger charge is -2.09. The van der Waals surface area contributed by atoms with Crippen LogP contribution in [0.1, 0.15) is 5.69 Å². The Balaban J connectivity index is 2.13. The van der Waals surface area contributed by atoms with E-state index in [1.807, 2.05) is 24.3 Å². The van der Waals surface area contributed by atoms with Crippen LogP contribution in [-0.2, 0) is 6.54 Å². The van der Waals surface area contributed by atoms with Crippen LogP contribution in [0.2, 0.25) is 10.0 Å². The Bertz CT molecular complexity index is 511. The molecule has 0 aliphatic heterocycles. The van der Waals surface area contributed by atoms with Gasteiger partial charge in [-0.1, -0.05) is 35.3 Å². The van der Waals surface area contributed by atoms with Gasteiger partial charge in [0.15, 0.2) is 0 Å². The molecule has 0 saturated heterocycles. The molecule has 0 aliphatic carbocycles. The molecular formula is C12H9BrCl2N2. The predicted molar refractivity (Wildman–Crippen MR) is 75.7 cm³/mol. The Morgan fingerprint density at radius 2 is 1.71 bits per heavy atom. The van der Waals surface area contributed by atoms with Gasteiger partial charge in [0.05, 0.1) is 28.0 Å². The molecule has 0 atom stereocenters. The first-order chi connectivity index (χ1) is 8.16. The van der Waals surface area contributed by atoms with Gasteiger partial charge in [-0.3, -0.25) is 0 Å². The summed E-state index contributed by atoms with van der Waals surface area (Å²) in [7, 11) is 0. The van der Waals surface area contributed by atoms with Crippen molar-refractivity contribution >= 4 is 44.8 Å². The standard InChI is InChI=1S/C12H9BrCl2N2/c13-11-6-1-3-8(17-11)7-16-12-9(14)4-2-5-10(12)15/h1-6,16H,7H2. The Morgan fingerprint density at radius 1 is 1.06 bits per heavy atom. The maximum Gasteiger partial charge on any atom is 0.106 e. The maximum atomic E-state index is 6.05. The molecule has 88 valence electrons. The van der Waals surface area contributed by atoms with Crippen LogP contribution < -0.4 is 5.32 Å². The number of anilines is 1. The average Bonchev–Trinajstić information content (AvgIpc) is 2.28. The molecule has 5 heteroatoms. The van der Waals surface area contributed by atoms with Crippen LogP contribution in [0.5, 0.6) is 0 Å². The van der Waals surface area contributed by atoms with E-state index in [1.54, 1.807) is 12.1 Å². The minimum Gasteiger partial charge on any atom is -0.377 e. The number of aromatic nitrogens is 1. The van der Waals surface area contributed by atoms with E-state index in [-0.39, 0.29) is 0 Å². The number of rotatable bonds is 3. The number of nitrogens with zero attached hydrogens (tertiary/aromatic N) is 1. The third kappa shape index (κ3) is 3.35. The SMILES string of the molecule is Clc1cccc(Cl)c1NCc1cccc(Br)n1. The lowest BCUT2D eigenvalue weighted by atomic mass is 10.3. The zero-order valence-corrected chi connectivity index (χ0v) is 11.9. The third-order valence-electron chi connectivity index (χ3n) is 2.18. The molecule has 1 N–H and O–H groups in total. The summed E-state index contributed by atoms with van der Waals surface area (Å²) < 4.78 is 0.807. The minimum atomic E-state index is 0.572. The second kappa shape index (κ2) is 5.71. The van der Waals surface area contributed by atoms with Crippen LogP contribution in [0.3, 0.4) is 0 Å². The summed E-state index contributed by atoms with van der Waals surface area (Å²) >= 11 is 15.4. The quantitative estimate of drug-likeness (QED) is 0.820. The molecule has 0 unspecified atom stereocenters. The van der Waals surface area contributed by atoms with Crippen LogP contribution in [-0.4, -0.2) is 4.98 Å². The van der Waals surface area contributed by atoms with Crippen LogP contribution in [0, 0.1) is 0 Å². The lowest BCUT2D eigenvalue weighted by Crippen LogP contribution is -2.02. The molecule has 0 spiro atoms. The first kappa shape index (κ1) is 12.7. The number of benzene rings is 1. The molecule has 0 fully saturated rings. The van der Waals surface area contributed by atoms with E-state index < -0.39 is 0 Å². The van der Waals surface area contributed by atoms with Gasteiger partial charge in [0, 0.05) is 0 Å². The van der Waals surface area contributed by atoms with Crippen LogP contribution in [0.4, 0.5) is 5.69 Å². The van der Waals surface area contributed by atoms with E-state index in [1.165, 1.54) is 0 Å². The summed E-state index contributed by atoms with van der Waals surface area (Å²) in [4.78, 5) is 4.32. The molecule has 0 radical (unpaired) electrons. The molecule has 1 aromatic carbocycles. The monoisotopic (exact) mass is 330 g/mol. The maximum absolute atomic E-state index is 6.05. The Labute approximate surface area is 118 Å². The van der Waals surface area contributed by atoms with Gasteiger partial charge in [0.2, 0.25) is 0 Å². The van der Waals surface area contributed by atoms with E-state index >= 15 is 0 Å². The summed E-state index contributed by atoms with van der Waals surface area (Å²) in [5.74, 6) is 0. The Hall–Kier alpha value is -0.770. The van der Waals surface area contributed by atoms with Gasteiger partial charge in [0.1, 0.15) is 4.60 Å². The molecule has 2 rings (SSSR count). The van der Waals surface area contributed by atoms with Crippen molar-refractivity contribution in [1.82, 2.24) is 4.98 Å². The fourth-order valence-corrected chi connectivity index (χ4v) is 2.31. The molecule has 2 nitrogen and oxygen atoms in total. The summed E-state index contributed by atoms with van der Waals surface area (Å²) in [6.45, 7) is 0.572. The van der Waals surface area contributed by atoms with Gasteiger partial charge < -0.3 is 5.32 Å². The highest BCUT2D eigenvalue weighted by atomic mass is 79.9. The highest BCUT2D eigenvalue weighted by Crippen LogP contribution is 2.30. The number of halogens is 3. The van der Waals surface area contributed by atoms with E-state index in [0.717, 1.165) is 16.0 Å². The second-order valence-corrected chi connectivity index (χ2v) is 5.03. The number of para-hydroxylation sites is 1. The third-order valence-corrected chi connectivity index (χ3v) is 3.25. The fourth-order valence-electron chi connectivity index (χ4n) is 1.39. The molecule has 1 aromatic heterocycles. The van der Waals surface area contributed by atoms with Crippen molar-refractivity contribution in [3.05, 3.63) is 56.7 Å². The summed E-state index contributed by atoms with van der Waals surface area (Å²) in [5.41, 5.74) is 1.65. The summed E-state index contributed by atoms with van der Waals surface area (Å²) in [6, 6.07) is 11.2. The van der Waals surface area contributed by atoms with Gasteiger partial charge >= 0.3 is 0 Å². The van der Waals surface area contributed by atoms with Crippen molar-refractivity contribution in [2.24, 2.45) is 0 Å². The first-order valence-electron chi connectivity index (χ1n) is 4.96. The number of hydrogen-bond donors (Lipinski definition) is 1. The lowest BCUT2D eigenvalue weighted by molar-refractivity contribution is 1.03. The summed E-state index contributed by atoms with van der Waals surface area (Å²) in [5, 5.41) is 4.39. The fraction of sp³-hybridized carbons (Fsp3) is 0.0833. The van der Waals surface area contributed by atoms with Crippen molar-refractivity contribution in [1.29, 1.82) is 0 Å². The molecule has 17 heavy (non-hydrogen) atoms. The topological polar surface area (TPSA) is 24.9 Å². The van der Waals surface area contributed by atoms with E-state index in [4.69, 9.17) is 23.2 Å². The van der Waals surface area contributed by atoms with E-state index in [2.05, 4.69) is 26.2 Å².